The Morgan fingerprint density at radius 3 is 2.45 bits per heavy atom. The van der Waals surface area contributed by atoms with Crippen LogP contribution in [0.1, 0.15) is 44.3 Å². The maximum absolute atomic E-state index is 4.79. The second-order valence-electron chi connectivity index (χ2n) is 7.67. The number of nitrogens with one attached hydrogen (secondary N) is 1. The average Bonchev–Trinajstić information content (AvgIpc) is 2.77. The smallest absolute Gasteiger partial charge is 0.107 e. The number of H-pyrrole nitrogens is 1. The molecule has 1 N–H and O–H groups in total. The predicted molar refractivity (Wildman–Crippen MR) is 78.2 cm³/mol. The SMILES string of the molecule is c1cc2nc(CC34CC5CC(CC(C5)C3)C4)[nH]c2cn1. The van der Waals surface area contributed by atoms with Gasteiger partial charge in [-0.05, 0) is 67.8 Å². The van der Waals surface area contributed by atoms with Gasteiger partial charge in [-0.3, -0.25) is 4.98 Å². The third-order valence-corrected chi connectivity index (χ3v) is 6.04. The minimum atomic E-state index is 0.566. The molecule has 0 spiro atoms. The minimum absolute atomic E-state index is 0.566. The minimum Gasteiger partial charge on any atom is -0.341 e. The van der Waals surface area contributed by atoms with E-state index in [2.05, 4.69) is 9.97 Å². The van der Waals surface area contributed by atoms with E-state index in [1.165, 1.54) is 44.3 Å². The monoisotopic (exact) mass is 267 g/mol. The number of fused-ring (bicyclic) bond motifs is 1. The fourth-order valence-corrected chi connectivity index (χ4v) is 5.86. The standard InChI is InChI=1S/C17H21N3/c1-2-18-10-15-14(1)19-16(20-15)9-17-6-11-3-12(7-17)5-13(4-11)8-17/h1-2,10-13H,3-9H2,(H,19,20). The molecule has 4 fully saturated rings. The maximum Gasteiger partial charge on any atom is 0.107 e. The van der Waals surface area contributed by atoms with Crippen LogP contribution in [0.25, 0.3) is 11.0 Å². The second kappa shape index (κ2) is 3.84. The zero-order valence-electron chi connectivity index (χ0n) is 11.8. The lowest BCUT2D eigenvalue weighted by molar-refractivity contribution is -0.0530. The van der Waals surface area contributed by atoms with Crippen LogP contribution in [0.15, 0.2) is 18.5 Å². The zero-order valence-corrected chi connectivity index (χ0v) is 11.8. The van der Waals surface area contributed by atoms with E-state index in [1.54, 1.807) is 0 Å². The van der Waals surface area contributed by atoms with Gasteiger partial charge < -0.3 is 4.98 Å². The molecule has 3 heteroatoms. The first-order chi connectivity index (χ1) is 9.78. The van der Waals surface area contributed by atoms with Gasteiger partial charge in [0.1, 0.15) is 5.82 Å². The molecule has 4 saturated carbocycles. The summed E-state index contributed by atoms with van der Waals surface area (Å²) in [7, 11) is 0. The Morgan fingerprint density at radius 2 is 1.80 bits per heavy atom. The van der Waals surface area contributed by atoms with Crippen molar-refractivity contribution in [2.45, 2.75) is 44.9 Å². The maximum atomic E-state index is 4.79. The Bertz CT molecular complexity index is 589. The van der Waals surface area contributed by atoms with Crippen molar-refractivity contribution in [1.82, 2.24) is 15.0 Å². The Labute approximate surface area is 119 Å². The van der Waals surface area contributed by atoms with Gasteiger partial charge in [0.25, 0.3) is 0 Å². The summed E-state index contributed by atoms with van der Waals surface area (Å²) in [5.74, 6) is 4.25. The van der Waals surface area contributed by atoms with Crippen molar-refractivity contribution in [3.63, 3.8) is 0 Å². The van der Waals surface area contributed by atoms with Gasteiger partial charge in [-0.2, -0.15) is 0 Å². The van der Waals surface area contributed by atoms with Gasteiger partial charge in [-0.25, -0.2) is 4.98 Å². The molecule has 0 radical (unpaired) electrons. The Balaban J connectivity index is 1.48. The highest BCUT2D eigenvalue weighted by Gasteiger charge is 2.50. The molecule has 2 aromatic heterocycles. The van der Waals surface area contributed by atoms with E-state index in [0.717, 1.165) is 35.2 Å². The summed E-state index contributed by atoms with van der Waals surface area (Å²) >= 11 is 0. The van der Waals surface area contributed by atoms with E-state index >= 15 is 0 Å². The van der Waals surface area contributed by atoms with Gasteiger partial charge in [-0.1, -0.05) is 0 Å². The van der Waals surface area contributed by atoms with Crippen LogP contribution in [0.5, 0.6) is 0 Å². The fourth-order valence-electron chi connectivity index (χ4n) is 5.86. The molecular weight excluding hydrogens is 246 g/mol. The first kappa shape index (κ1) is 11.3. The van der Waals surface area contributed by atoms with E-state index in [9.17, 15) is 0 Å². The van der Waals surface area contributed by atoms with Crippen molar-refractivity contribution in [2.75, 3.05) is 0 Å². The molecule has 104 valence electrons. The summed E-state index contributed by atoms with van der Waals surface area (Å²) in [6.45, 7) is 0. The quantitative estimate of drug-likeness (QED) is 0.901. The molecule has 0 saturated heterocycles. The topological polar surface area (TPSA) is 41.6 Å². The average molecular weight is 267 g/mol. The molecular formula is C17H21N3. The van der Waals surface area contributed by atoms with Crippen LogP contribution in [0.3, 0.4) is 0 Å². The molecule has 0 aromatic carbocycles. The lowest BCUT2D eigenvalue weighted by Gasteiger charge is -2.56. The summed E-state index contributed by atoms with van der Waals surface area (Å²) in [5, 5.41) is 0. The lowest BCUT2D eigenvalue weighted by atomic mass is 9.49. The second-order valence-corrected chi connectivity index (χ2v) is 7.67. The van der Waals surface area contributed by atoms with Crippen molar-refractivity contribution >= 4 is 11.0 Å². The van der Waals surface area contributed by atoms with E-state index < -0.39 is 0 Å². The van der Waals surface area contributed by atoms with Crippen molar-refractivity contribution in [3.8, 4) is 0 Å². The highest BCUT2D eigenvalue weighted by Crippen LogP contribution is 2.60. The highest BCUT2D eigenvalue weighted by atomic mass is 14.9. The van der Waals surface area contributed by atoms with Crippen LogP contribution in [0, 0.1) is 23.2 Å². The van der Waals surface area contributed by atoms with E-state index in [1.807, 2.05) is 18.5 Å². The van der Waals surface area contributed by atoms with Crippen LogP contribution in [-0.2, 0) is 6.42 Å². The summed E-state index contributed by atoms with van der Waals surface area (Å²) < 4.78 is 0. The number of aromatic amines is 1. The molecule has 2 aromatic rings. The number of nitrogens with zero attached hydrogens (tertiary/aromatic N) is 2. The largest absolute Gasteiger partial charge is 0.341 e. The first-order valence-corrected chi connectivity index (χ1v) is 8.07. The number of rotatable bonds is 2. The van der Waals surface area contributed by atoms with Crippen molar-refractivity contribution < 1.29 is 0 Å². The van der Waals surface area contributed by atoms with Crippen molar-refractivity contribution in [1.29, 1.82) is 0 Å². The number of aromatic nitrogens is 3. The third-order valence-electron chi connectivity index (χ3n) is 6.04. The summed E-state index contributed by atoms with van der Waals surface area (Å²) in [6.07, 6.45) is 13.8. The molecule has 0 atom stereocenters. The number of pyridine rings is 1. The molecule has 4 aliphatic rings. The van der Waals surface area contributed by atoms with Crippen LogP contribution < -0.4 is 0 Å². The molecule has 4 aliphatic carbocycles. The third kappa shape index (κ3) is 1.65. The van der Waals surface area contributed by atoms with Crippen LogP contribution in [-0.4, -0.2) is 15.0 Å². The summed E-state index contributed by atoms with van der Waals surface area (Å²) in [6, 6.07) is 2.01. The van der Waals surface area contributed by atoms with E-state index in [-0.39, 0.29) is 0 Å². The van der Waals surface area contributed by atoms with Crippen molar-refractivity contribution in [3.05, 3.63) is 24.3 Å². The molecule has 4 bridgehead atoms. The van der Waals surface area contributed by atoms with E-state index in [0.29, 0.717) is 5.41 Å². The number of hydrogen-bond donors (Lipinski definition) is 1. The number of hydrogen-bond acceptors (Lipinski definition) is 2. The van der Waals surface area contributed by atoms with Gasteiger partial charge in [0.15, 0.2) is 0 Å². The van der Waals surface area contributed by atoms with E-state index in [4.69, 9.17) is 4.98 Å². The summed E-state index contributed by atoms with van der Waals surface area (Å²) in [5.41, 5.74) is 2.72. The normalized spacial score (nSPS) is 38.7. The summed E-state index contributed by atoms with van der Waals surface area (Å²) in [4.78, 5) is 12.5. The van der Waals surface area contributed by atoms with Gasteiger partial charge in [-0.15, -0.1) is 0 Å². The van der Waals surface area contributed by atoms with Crippen LogP contribution in [0.4, 0.5) is 0 Å². The Hall–Kier alpha value is -1.38. The molecule has 0 amide bonds. The highest BCUT2D eigenvalue weighted by molar-refractivity contribution is 5.73. The Kier molecular flexibility index (Phi) is 2.17. The van der Waals surface area contributed by atoms with Gasteiger partial charge in [0.05, 0.1) is 17.2 Å². The first-order valence-electron chi connectivity index (χ1n) is 8.07. The molecule has 0 aliphatic heterocycles. The molecule has 6 rings (SSSR count). The lowest BCUT2D eigenvalue weighted by Crippen LogP contribution is -2.47. The Morgan fingerprint density at radius 1 is 1.10 bits per heavy atom. The van der Waals surface area contributed by atoms with Gasteiger partial charge in [0.2, 0.25) is 0 Å². The predicted octanol–water partition coefficient (Wildman–Crippen LogP) is 3.72. The zero-order chi connectivity index (χ0) is 13.2. The van der Waals surface area contributed by atoms with Gasteiger partial charge >= 0.3 is 0 Å². The molecule has 3 nitrogen and oxygen atoms in total. The molecule has 0 unspecified atom stereocenters. The molecule has 2 heterocycles. The van der Waals surface area contributed by atoms with Crippen LogP contribution in [0.2, 0.25) is 0 Å². The molecule has 20 heavy (non-hydrogen) atoms. The van der Waals surface area contributed by atoms with Crippen molar-refractivity contribution in [2.24, 2.45) is 23.2 Å². The number of imidazole rings is 1. The van der Waals surface area contributed by atoms with Gasteiger partial charge in [0, 0.05) is 12.6 Å². The van der Waals surface area contributed by atoms with Crippen LogP contribution >= 0.6 is 0 Å². The fraction of sp³-hybridized carbons (Fsp3) is 0.647.